The molecule has 0 saturated carbocycles. The second-order valence-electron chi connectivity index (χ2n) is 8.92. The summed E-state index contributed by atoms with van der Waals surface area (Å²) in [6, 6.07) is 21.2. The molecule has 0 N–H and O–H groups in total. The van der Waals surface area contributed by atoms with Crippen molar-refractivity contribution < 1.29 is 27.4 Å². The molecule has 1 saturated heterocycles. The average Bonchev–Trinajstić information content (AvgIpc) is 2.96. The zero-order chi connectivity index (χ0) is 27.1. The molecule has 0 bridgehead atoms. The van der Waals surface area contributed by atoms with E-state index < -0.39 is 10.0 Å². The summed E-state index contributed by atoms with van der Waals surface area (Å²) >= 11 is 6.10. The second-order valence-corrected chi connectivity index (χ2v) is 11.3. The van der Waals surface area contributed by atoms with Crippen LogP contribution in [-0.2, 0) is 26.1 Å². The number of methoxy groups -OCH3 is 2. The highest BCUT2D eigenvalue weighted by atomic mass is 35.5. The number of ether oxygens (including phenoxy) is 3. The molecule has 1 fully saturated rings. The highest BCUT2D eigenvalue weighted by molar-refractivity contribution is 7.89. The second kappa shape index (κ2) is 12.7. The van der Waals surface area contributed by atoms with E-state index in [0.717, 1.165) is 11.1 Å². The number of piperazine rings is 1. The predicted octanol–water partition coefficient (Wildman–Crippen LogP) is 4.40. The van der Waals surface area contributed by atoms with Crippen molar-refractivity contribution in [1.29, 1.82) is 0 Å². The van der Waals surface area contributed by atoms with E-state index in [1.54, 1.807) is 36.4 Å². The maximum Gasteiger partial charge on any atom is 0.337 e. The third kappa shape index (κ3) is 6.92. The molecule has 0 aliphatic carbocycles. The molecule has 1 aliphatic heterocycles. The van der Waals surface area contributed by atoms with Gasteiger partial charge in [-0.3, -0.25) is 4.90 Å². The first-order chi connectivity index (χ1) is 18.3. The van der Waals surface area contributed by atoms with Gasteiger partial charge in [0.2, 0.25) is 10.0 Å². The summed E-state index contributed by atoms with van der Waals surface area (Å²) in [6.45, 7) is 2.84. The first-order valence-electron chi connectivity index (χ1n) is 12.2. The van der Waals surface area contributed by atoms with Gasteiger partial charge in [-0.1, -0.05) is 41.9 Å². The summed E-state index contributed by atoms with van der Waals surface area (Å²) in [7, 11) is -0.747. The van der Waals surface area contributed by atoms with Gasteiger partial charge < -0.3 is 14.2 Å². The Morgan fingerprint density at radius 1 is 0.947 bits per heavy atom. The van der Waals surface area contributed by atoms with Crippen LogP contribution in [0.2, 0.25) is 5.02 Å². The standard InChI is InChI=1S/C28H31ClN2O6S/c1-35-25-4-3-5-26(18-25)38(33,34)31-16-14-30(15-17-31)19-27(22-10-12-24(29)13-11-22)37-20-21-6-8-23(9-7-21)28(32)36-2/h3-13,18,27H,14-17,19-20H2,1-2H3/t27-/m1/s1. The van der Waals surface area contributed by atoms with Crippen LogP contribution in [0.15, 0.2) is 77.7 Å². The Morgan fingerprint density at radius 2 is 1.63 bits per heavy atom. The lowest BCUT2D eigenvalue weighted by Gasteiger charge is -2.36. The van der Waals surface area contributed by atoms with Crippen LogP contribution in [-0.4, -0.2) is 70.5 Å². The van der Waals surface area contributed by atoms with E-state index in [1.807, 2.05) is 36.4 Å². The fourth-order valence-corrected chi connectivity index (χ4v) is 5.86. The van der Waals surface area contributed by atoms with Gasteiger partial charge in [0.25, 0.3) is 0 Å². The molecule has 0 spiro atoms. The van der Waals surface area contributed by atoms with Crippen LogP contribution in [0.5, 0.6) is 5.75 Å². The molecule has 0 radical (unpaired) electrons. The number of carbonyl (C=O) groups excluding carboxylic acids is 1. The number of esters is 1. The summed E-state index contributed by atoms with van der Waals surface area (Å²) in [5, 5.41) is 0.641. The lowest BCUT2D eigenvalue weighted by atomic mass is 10.1. The van der Waals surface area contributed by atoms with Gasteiger partial charge in [0, 0.05) is 43.8 Å². The van der Waals surface area contributed by atoms with Gasteiger partial charge in [-0.05, 0) is 47.5 Å². The average molecular weight is 559 g/mol. The number of sulfonamides is 1. The van der Waals surface area contributed by atoms with E-state index in [4.69, 9.17) is 25.8 Å². The van der Waals surface area contributed by atoms with E-state index >= 15 is 0 Å². The summed E-state index contributed by atoms with van der Waals surface area (Å²) < 4.78 is 44.1. The number of rotatable bonds is 10. The van der Waals surface area contributed by atoms with Crippen molar-refractivity contribution in [3.8, 4) is 5.75 Å². The van der Waals surface area contributed by atoms with Crippen molar-refractivity contribution in [2.75, 3.05) is 46.9 Å². The Labute approximate surface area is 228 Å². The Hall–Kier alpha value is -2.95. The first-order valence-corrected chi connectivity index (χ1v) is 14.0. The van der Waals surface area contributed by atoms with Crippen molar-refractivity contribution in [2.24, 2.45) is 0 Å². The topological polar surface area (TPSA) is 85.4 Å². The lowest BCUT2D eigenvalue weighted by Crippen LogP contribution is -2.49. The number of carbonyl (C=O) groups is 1. The van der Waals surface area contributed by atoms with Gasteiger partial charge in [-0.2, -0.15) is 4.31 Å². The molecule has 8 nitrogen and oxygen atoms in total. The zero-order valence-electron chi connectivity index (χ0n) is 21.4. The molecule has 3 aromatic rings. The van der Waals surface area contributed by atoms with Crippen LogP contribution in [0.25, 0.3) is 0 Å². The maximum atomic E-state index is 13.2. The minimum Gasteiger partial charge on any atom is -0.497 e. The molecule has 10 heteroatoms. The van der Waals surface area contributed by atoms with Crippen molar-refractivity contribution in [3.63, 3.8) is 0 Å². The molecular weight excluding hydrogens is 528 g/mol. The number of hydrogen-bond donors (Lipinski definition) is 0. The molecule has 0 amide bonds. The fraction of sp³-hybridized carbons (Fsp3) is 0.321. The monoisotopic (exact) mass is 558 g/mol. The molecule has 3 aromatic carbocycles. The predicted molar refractivity (Wildman–Crippen MR) is 145 cm³/mol. The van der Waals surface area contributed by atoms with Gasteiger partial charge >= 0.3 is 5.97 Å². The van der Waals surface area contributed by atoms with Crippen molar-refractivity contribution >= 4 is 27.6 Å². The minimum atomic E-state index is -3.61. The van der Waals surface area contributed by atoms with Crippen molar-refractivity contribution in [1.82, 2.24) is 9.21 Å². The maximum absolute atomic E-state index is 13.2. The molecule has 1 heterocycles. The Balaban J connectivity index is 1.41. The van der Waals surface area contributed by atoms with E-state index in [1.165, 1.54) is 18.5 Å². The Bertz CT molecular complexity index is 1320. The highest BCUT2D eigenvalue weighted by Crippen LogP contribution is 2.25. The summed E-state index contributed by atoms with van der Waals surface area (Å²) in [4.78, 5) is 14.1. The van der Waals surface area contributed by atoms with E-state index in [2.05, 4.69) is 4.90 Å². The van der Waals surface area contributed by atoms with Crippen LogP contribution in [0.3, 0.4) is 0 Å². The SMILES string of the molecule is COC(=O)c1ccc(CO[C@H](CN2CCN(S(=O)(=O)c3cccc(OC)c3)CC2)c2ccc(Cl)cc2)cc1. The molecule has 0 aromatic heterocycles. The molecule has 1 aliphatic rings. The van der Waals surface area contributed by atoms with Crippen molar-refractivity contribution in [3.05, 3.63) is 94.5 Å². The van der Waals surface area contributed by atoms with E-state index in [0.29, 0.717) is 55.7 Å². The molecule has 1 atom stereocenters. The lowest BCUT2D eigenvalue weighted by molar-refractivity contribution is 0.00771. The molecule has 4 rings (SSSR count). The summed E-state index contributed by atoms with van der Waals surface area (Å²) in [5.74, 6) is 0.122. The van der Waals surface area contributed by atoms with Crippen LogP contribution < -0.4 is 4.74 Å². The zero-order valence-corrected chi connectivity index (χ0v) is 23.0. The number of benzene rings is 3. The van der Waals surface area contributed by atoms with Crippen LogP contribution in [0, 0.1) is 0 Å². The summed E-state index contributed by atoms with van der Waals surface area (Å²) in [5.41, 5.74) is 2.38. The van der Waals surface area contributed by atoms with Gasteiger partial charge in [0.15, 0.2) is 0 Å². The van der Waals surface area contributed by atoms with E-state index in [9.17, 15) is 13.2 Å². The van der Waals surface area contributed by atoms with Gasteiger partial charge in [0.05, 0.1) is 37.4 Å². The minimum absolute atomic E-state index is 0.228. The van der Waals surface area contributed by atoms with Gasteiger partial charge in [0.1, 0.15) is 5.75 Å². The van der Waals surface area contributed by atoms with E-state index in [-0.39, 0.29) is 17.0 Å². The van der Waals surface area contributed by atoms with Crippen LogP contribution in [0.1, 0.15) is 27.6 Å². The molecule has 38 heavy (non-hydrogen) atoms. The Kier molecular flexibility index (Phi) is 9.40. The quantitative estimate of drug-likeness (QED) is 0.341. The number of hydrogen-bond acceptors (Lipinski definition) is 7. The van der Waals surface area contributed by atoms with Crippen molar-refractivity contribution in [2.45, 2.75) is 17.6 Å². The first kappa shape index (κ1) is 28.1. The van der Waals surface area contributed by atoms with Gasteiger partial charge in [-0.15, -0.1) is 0 Å². The van der Waals surface area contributed by atoms with Crippen LogP contribution in [0.4, 0.5) is 0 Å². The normalized spacial score (nSPS) is 15.7. The smallest absolute Gasteiger partial charge is 0.337 e. The third-order valence-corrected chi connectivity index (χ3v) is 8.65. The van der Waals surface area contributed by atoms with Gasteiger partial charge in [-0.25, -0.2) is 13.2 Å². The van der Waals surface area contributed by atoms with Crippen LogP contribution >= 0.6 is 11.6 Å². The molecular formula is C28H31ClN2O6S. The third-order valence-electron chi connectivity index (χ3n) is 6.50. The Morgan fingerprint density at radius 3 is 2.26 bits per heavy atom. The molecule has 202 valence electrons. The molecule has 0 unspecified atom stereocenters. The summed E-state index contributed by atoms with van der Waals surface area (Å²) in [6.07, 6.45) is -0.255. The highest BCUT2D eigenvalue weighted by Gasteiger charge is 2.30. The number of halogens is 1. The number of nitrogens with zero attached hydrogens (tertiary/aromatic N) is 2. The largest absolute Gasteiger partial charge is 0.497 e. The fourth-order valence-electron chi connectivity index (χ4n) is 4.28.